The SMILES string of the molecule is C[Si](C)(C)c1ccc2ccccc2c1-c1ccccn1. The van der Waals surface area contributed by atoms with E-state index in [0.29, 0.717) is 0 Å². The molecule has 2 heteroatoms. The van der Waals surface area contributed by atoms with E-state index in [-0.39, 0.29) is 0 Å². The molecule has 0 aliphatic carbocycles. The summed E-state index contributed by atoms with van der Waals surface area (Å²) in [6.45, 7) is 7.18. The minimum absolute atomic E-state index is 1.08. The summed E-state index contributed by atoms with van der Waals surface area (Å²) in [7, 11) is -1.42. The van der Waals surface area contributed by atoms with Gasteiger partial charge in [0.1, 0.15) is 0 Å². The molecule has 0 spiro atoms. The van der Waals surface area contributed by atoms with Crippen molar-refractivity contribution in [3.8, 4) is 11.3 Å². The molecule has 0 aliphatic heterocycles. The Kier molecular flexibility index (Phi) is 3.18. The maximum absolute atomic E-state index is 4.60. The van der Waals surface area contributed by atoms with Crippen LogP contribution in [0.25, 0.3) is 22.0 Å². The van der Waals surface area contributed by atoms with Crippen LogP contribution < -0.4 is 5.19 Å². The van der Waals surface area contributed by atoms with E-state index in [4.69, 9.17) is 0 Å². The molecule has 1 aromatic heterocycles. The van der Waals surface area contributed by atoms with E-state index in [1.807, 2.05) is 12.3 Å². The summed E-state index contributed by atoms with van der Waals surface area (Å²) in [6, 6.07) is 19.3. The molecule has 20 heavy (non-hydrogen) atoms. The van der Waals surface area contributed by atoms with Gasteiger partial charge < -0.3 is 0 Å². The van der Waals surface area contributed by atoms with Gasteiger partial charge >= 0.3 is 0 Å². The zero-order valence-electron chi connectivity index (χ0n) is 12.2. The lowest BCUT2D eigenvalue weighted by molar-refractivity contribution is 1.34. The largest absolute Gasteiger partial charge is 0.256 e. The van der Waals surface area contributed by atoms with Crippen LogP contribution in [0.3, 0.4) is 0 Å². The van der Waals surface area contributed by atoms with Crippen molar-refractivity contribution >= 4 is 24.0 Å². The van der Waals surface area contributed by atoms with E-state index in [1.165, 1.54) is 21.5 Å². The van der Waals surface area contributed by atoms with Gasteiger partial charge in [0.25, 0.3) is 0 Å². The summed E-state index contributed by atoms with van der Waals surface area (Å²) in [4.78, 5) is 4.60. The zero-order valence-corrected chi connectivity index (χ0v) is 13.2. The first-order valence-electron chi connectivity index (χ1n) is 7.01. The van der Waals surface area contributed by atoms with Crippen molar-refractivity contribution in [3.63, 3.8) is 0 Å². The lowest BCUT2D eigenvalue weighted by Crippen LogP contribution is -2.39. The summed E-state index contributed by atoms with van der Waals surface area (Å²) in [5.41, 5.74) is 2.41. The monoisotopic (exact) mass is 277 g/mol. The van der Waals surface area contributed by atoms with Crippen molar-refractivity contribution < 1.29 is 0 Å². The minimum Gasteiger partial charge on any atom is -0.256 e. The Morgan fingerprint density at radius 1 is 0.800 bits per heavy atom. The number of nitrogens with zero attached hydrogens (tertiary/aromatic N) is 1. The van der Waals surface area contributed by atoms with E-state index in [0.717, 1.165) is 5.69 Å². The number of fused-ring (bicyclic) bond motifs is 1. The molecule has 3 rings (SSSR count). The third kappa shape index (κ3) is 2.27. The Hall–Kier alpha value is -1.93. The molecule has 1 nitrogen and oxygen atoms in total. The van der Waals surface area contributed by atoms with Crippen LogP contribution in [0.15, 0.2) is 60.8 Å². The van der Waals surface area contributed by atoms with Gasteiger partial charge in [-0.3, -0.25) is 4.98 Å². The van der Waals surface area contributed by atoms with Gasteiger partial charge in [0.2, 0.25) is 0 Å². The average Bonchev–Trinajstić information content (AvgIpc) is 2.46. The summed E-state index contributed by atoms with van der Waals surface area (Å²) in [5.74, 6) is 0. The van der Waals surface area contributed by atoms with Crippen molar-refractivity contribution in [1.29, 1.82) is 0 Å². The summed E-state index contributed by atoms with van der Waals surface area (Å²) >= 11 is 0. The summed E-state index contributed by atoms with van der Waals surface area (Å²) in [5, 5.41) is 4.08. The van der Waals surface area contributed by atoms with E-state index in [1.54, 1.807) is 0 Å². The molecule has 2 aromatic carbocycles. The third-order valence-electron chi connectivity index (χ3n) is 3.66. The number of benzene rings is 2. The molecular weight excluding hydrogens is 258 g/mol. The van der Waals surface area contributed by atoms with Gasteiger partial charge in [0.05, 0.1) is 13.8 Å². The smallest absolute Gasteiger partial charge is 0.0785 e. The lowest BCUT2D eigenvalue weighted by atomic mass is 10.0. The van der Waals surface area contributed by atoms with Gasteiger partial charge in [-0.25, -0.2) is 0 Å². The Morgan fingerprint density at radius 3 is 2.25 bits per heavy atom. The van der Waals surface area contributed by atoms with Crippen molar-refractivity contribution in [2.24, 2.45) is 0 Å². The van der Waals surface area contributed by atoms with Crippen molar-refractivity contribution in [3.05, 3.63) is 60.8 Å². The van der Waals surface area contributed by atoms with Crippen molar-refractivity contribution in [1.82, 2.24) is 4.98 Å². The highest BCUT2D eigenvalue weighted by Gasteiger charge is 2.22. The Morgan fingerprint density at radius 2 is 1.55 bits per heavy atom. The molecule has 0 N–H and O–H groups in total. The minimum atomic E-state index is -1.42. The maximum Gasteiger partial charge on any atom is 0.0785 e. The number of rotatable bonds is 2. The van der Waals surface area contributed by atoms with Gasteiger partial charge in [-0.2, -0.15) is 0 Å². The van der Waals surface area contributed by atoms with Crippen LogP contribution in [-0.2, 0) is 0 Å². The first-order chi connectivity index (χ1) is 9.57. The van der Waals surface area contributed by atoms with Gasteiger partial charge in [-0.05, 0) is 22.9 Å². The number of pyridine rings is 1. The first kappa shape index (κ1) is 13.1. The highest BCUT2D eigenvalue weighted by Crippen LogP contribution is 2.27. The molecule has 0 fully saturated rings. The molecule has 100 valence electrons. The Balaban J connectivity index is 2.41. The molecule has 0 radical (unpaired) electrons. The highest BCUT2D eigenvalue weighted by atomic mass is 28.3. The topological polar surface area (TPSA) is 12.9 Å². The first-order valence-corrected chi connectivity index (χ1v) is 10.5. The maximum atomic E-state index is 4.60. The fourth-order valence-electron chi connectivity index (χ4n) is 2.68. The van der Waals surface area contributed by atoms with Crippen LogP contribution in [0.1, 0.15) is 0 Å². The fraction of sp³-hybridized carbons (Fsp3) is 0.167. The Bertz CT molecular complexity index is 742. The van der Waals surface area contributed by atoms with Crippen LogP contribution in [0.2, 0.25) is 19.6 Å². The van der Waals surface area contributed by atoms with Gasteiger partial charge in [0.15, 0.2) is 0 Å². The number of hydrogen-bond donors (Lipinski definition) is 0. The quantitative estimate of drug-likeness (QED) is 0.631. The molecule has 1 heterocycles. The molecule has 0 saturated carbocycles. The Labute approximate surface area is 121 Å². The van der Waals surface area contributed by atoms with Crippen molar-refractivity contribution in [2.75, 3.05) is 0 Å². The predicted octanol–water partition coefficient (Wildman–Crippen LogP) is 4.45. The van der Waals surface area contributed by atoms with Gasteiger partial charge in [0, 0.05) is 11.8 Å². The molecule has 0 atom stereocenters. The van der Waals surface area contributed by atoms with E-state index < -0.39 is 8.07 Å². The zero-order chi connectivity index (χ0) is 14.2. The lowest BCUT2D eigenvalue weighted by Gasteiger charge is -2.22. The second kappa shape index (κ2) is 4.87. The highest BCUT2D eigenvalue weighted by molar-refractivity contribution is 6.90. The number of hydrogen-bond acceptors (Lipinski definition) is 1. The normalized spacial score (nSPS) is 11.8. The molecule has 0 aliphatic rings. The standard InChI is InChI=1S/C18H19NSi/c1-20(2,3)17-12-11-14-8-4-5-9-15(14)18(17)16-10-6-7-13-19-16/h4-13H,1-3H3. The molecule has 0 saturated heterocycles. The van der Waals surface area contributed by atoms with Gasteiger partial charge in [-0.15, -0.1) is 0 Å². The summed E-state index contributed by atoms with van der Waals surface area (Å²) in [6.07, 6.45) is 1.88. The average molecular weight is 277 g/mol. The van der Waals surface area contributed by atoms with E-state index >= 15 is 0 Å². The van der Waals surface area contributed by atoms with Crippen LogP contribution in [0, 0.1) is 0 Å². The van der Waals surface area contributed by atoms with Crippen molar-refractivity contribution in [2.45, 2.75) is 19.6 Å². The molecule has 0 amide bonds. The van der Waals surface area contributed by atoms with Gasteiger partial charge in [-0.1, -0.05) is 67.3 Å². The molecule has 0 bridgehead atoms. The fourth-order valence-corrected chi connectivity index (χ4v) is 4.28. The summed E-state index contributed by atoms with van der Waals surface area (Å²) < 4.78 is 0. The molecule has 3 aromatic rings. The van der Waals surface area contributed by atoms with Crippen LogP contribution in [-0.4, -0.2) is 13.1 Å². The predicted molar refractivity (Wildman–Crippen MR) is 90.2 cm³/mol. The van der Waals surface area contributed by atoms with E-state index in [9.17, 15) is 0 Å². The van der Waals surface area contributed by atoms with Crippen LogP contribution in [0.4, 0.5) is 0 Å². The van der Waals surface area contributed by atoms with Crippen LogP contribution in [0.5, 0.6) is 0 Å². The molecule has 0 unspecified atom stereocenters. The van der Waals surface area contributed by atoms with Crippen LogP contribution >= 0.6 is 0 Å². The second-order valence-electron chi connectivity index (χ2n) is 6.17. The molecular formula is C18H19NSi. The van der Waals surface area contributed by atoms with E-state index in [2.05, 4.69) is 73.2 Å². The second-order valence-corrected chi connectivity index (χ2v) is 11.2. The third-order valence-corrected chi connectivity index (χ3v) is 5.69. The number of aromatic nitrogens is 1.